The minimum atomic E-state index is -3.64. The summed E-state index contributed by atoms with van der Waals surface area (Å²) in [6.07, 6.45) is 0. The minimum absolute atomic E-state index is 0.191. The average Bonchev–Trinajstić information content (AvgIpc) is 2.82. The van der Waals surface area contributed by atoms with Crippen LogP contribution in [-0.2, 0) is 14.8 Å². The van der Waals surface area contributed by atoms with E-state index in [-0.39, 0.29) is 17.3 Å². The zero-order valence-electron chi connectivity index (χ0n) is 13.9. The third-order valence-corrected chi connectivity index (χ3v) is 6.03. The second kappa shape index (κ2) is 6.33. The smallest absolute Gasteiger partial charge is 0.258 e. The Morgan fingerprint density at radius 3 is 2.20 bits per heavy atom. The Hall–Kier alpha value is -2.67. The first kappa shape index (κ1) is 17.2. The summed E-state index contributed by atoms with van der Waals surface area (Å²) in [6, 6.07) is 15.2. The van der Waals surface area contributed by atoms with Gasteiger partial charge in [0.25, 0.3) is 5.91 Å². The second-order valence-electron chi connectivity index (χ2n) is 6.03. The molecule has 1 atom stereocenters. The minimum Gasteiger partial charge on any atom is -0.311 e. The van der Waals surface area contributed by atoms with Gasteiger partial charge in [0.15, 0.2) is 0 Å². The van der Waals surface area contributed by atoms with Crippen molar-refractivity contribution in [1.82, 2.24) is 0 Å². The van der Waals surface area contributed by atoms with Gasteiger partial charge < -0.3 is 4.90 Å². The molecular formula is C18H18N2O4S. The van der Waals surface area contributed by atoms with Gasteiger partial charge in [-0.05, 0) is 36.4 Å². The molecule has 0 aliphatic carbocycles. The van der Waals surface area contributed by atoms with Crippen molar-refractivity contribution in [2.75, 3.05) is 22.0 Å². The first-order valence-electron chi connectivity index (χ1n) is 7.81. The van der Waals surface area contributed by atoms with Crippen LogP contribution in [0, 0.1) is 5.92 Å². The molecule has 1 aliphatic heterocycles. The van der Waals surface area contributed by atoms with Crippen molar-refractivity contribution in [1.29, 1.82) is 0 Å². The fourth-order valence-electron chi connectivity index (χ4n) is 2.79. The summed E-state index contributed by atoms with van der Waals surface area (Å²) in [5.41, 5.74) is 1.42. The van der Waals surface area contributed by atoms with E-state index in [0.717, 1.165) is 9.99 Å². The molecule has 0 bridgehead atoms. The Morgan fingerprint density at radius 2 is 1.68 bits per heavy atom. The standard InChI is InChI=1S/C18H18N2O4S/c1-13-12-25(23,24)20(17(13)21)16-10-8-14(9-11-16)18(22)19(2)15-6-4-3-5-7-15/h3-11,13H,12H2,1-2H3. The molecule has 0 saturated carbocycles. The Morgan fingerprint density at radius 1 is 1.08 bits per heavy atom. The molecule has 6 nitrogen and oxygen atoms in total. The Balaban J connectivity index is 1.86. The number of amides is 2. The third kappa shape index (κ3) is 3.15. The summed E-state index contributed by atoms with van der Waals surface area (Å²) in [4.78, 5) is 26.2. The van der Waals surface area contributed by atoms with Crippen LogP contribution < -0.4 is 9.21 Å². The van der Waals surface area contributed by atoms with Crippen molar-refractivity contribution in [3.05, 3.63) is 60.2 Å². The number of para-hydroxylation sites is 1. The highest BCUT2D eigenvalue weighted by Crippen LogP contribution is 2.28. The van der Waals surface area contributed by atoms with Crippen LogP contribution in [0.3, 0.4) is 0 Å². The maximum Gasteiger partial charge on any atom is 0.258 e. The van der Waals surface area contributed by atoms with Gasteiger partial charge in [-0.1, -0.05) is 25.1 Å². The quantitative estimate of drug-likeness (QED) is 0.844. The van der Waals surface area contributed by atoms with Crippen LogP contribution in [0.2, 0.25) is 0 Å². The number of anilines is 2. The van der Waals surface area contributed by atoms with E-state index < -0.39 is 21.8 Å². The van der Waals surface area contributed by atoms with Gasteiger partial charge >= 0.3 is 0 Å². The first-order chi connectivity index (χ1) is 11.8. The molecule has 130 valence electrons. The van der Waals surface area contributed by atoms with E-state index in [1.165, 1.54) is 29.2 Å². The predicted molar refractivity (Wildman–Crippen MR) is 96.1 cm³/mol. The van der Waals surface area contributed by atoms with E-state index in [1.54, 1.807) is 14.0 Å². The number of hydrogen-bond acceptors (Lipinski definition) is 4. The maximum absolute atomic E-state index is 12.5. The highest BCUT2D eigenvalue weighted by atomic mass is 32.2. The van der Waals surface area contributed by atoms with Crippen LogP contribution >= 0.6 is 0 Å². The normalized spacial score (nSPS) is 19.0. The second-order valence-corrected chi connectivity index (χ2v) is 7.89. The summed E-state index contributed by atoms with van der Waals surface area (Å²) in [6.45, 7) is 1.59. The third-order valence-electron chi connectivity index (χ3n) is 4.16. The molecule has 1 heterocycles. The molecule has 2 aromatic rings. The van der Waals surface area contributed by atoms with Crippen molar-refractivity contribution < 1.29 is 18.0 Å². The number of sulfonamides is 1. The molecule has 1 fully saturated rings. The van der Waals surface area contributed by atoms with Crippen LogP contribution in [0.15, 0.2) is 54.6 Å². The van der Waals surface area contributed by atoms with E-state index in [4.69, 9.17) is 0 Å². The predicted octanol–water partition coefficient (Wildman–Crippen LogP) is 2.28. The van der Waals surface area contributed by atoms with Gasteiger partial charge in [-0.25, -0.2) is 12.7 Å². The topological polar surface area (TPSA) is 74.8 Å². The molecule has 0 N–H and O–H groups in total. The summed E-state index contributed by atoms with van der Waals surface area (Å²) in [5, 5.41) is 0. The van der Waals surface area contributed by atoms with Crippen molar-refractivity contribution in [3.63, 3.8) is 0 Å². The molecular weight excluding hydrogens is 340 g/mol. The molecule has 2 amide bonds. The van der Waals surface area contributed by atoms with Crippen molar-refractivity contribution in [2.45, 2.75) is 6.92 Å². The Bertz CT molecular complexity index is 908. The summed E-state index contributed by atoms with van der Waals surface area (Å²) in [7, 11) is -1.97. The number of benzene rings is 2. The summed E-state index contributed by atoms with van der Waals surface area (Å²) < 4.78 is 25.1. The number of carbonyl (C=O) groups excluding carboxylic acids is 2. The lowest BCUT2D eigenvalue weighted by Gasteiger charge is -2.19. The van der Waals surface area contributed by atoms with Crippen LogP contribution in [0.4, 0.5) is 11.4 Å². The lowest BCUT2D eigenvalue weighted by molar-refractivity contribution is -0.119. The lowest BCUT2D eigenvalue weighted by Crippen LogP contribution is -2.30. The molecule has 1 saturated heterocycles. The first-order valence-corrected chi connectivity index (χ1v) is 9.42. The number of carbonyl (C=O) groups is 2. The fraction of sp³-hybridized carbons (Fsp3) is 0.222. The van der Waals surface area contributed by atoms with Gasteiger partial charge in [0, 0.05) is 18.3 Å². The Labute approximate surface area is 146 Å². The molecule has 3 rings (SSSR count). The molecule has 1 aliphatic rings. The van der Waals surface area contributed by atoms with Gasteiger partial charge in [-0.15, -0.1) is 0 Å². The SMILES string of the molecule is CC1CS(=O)(=O)N(c2ccc(C(=O)N(C)c3ccccc3)cc2)C1=O. The van der Waals surface area contributed by atoms with Crippen LogP contribution in [0.5, 0.6) is 0 Å². The average molecular weight is 358 g/mol. The molecule has 25 heavy (non-hydrogen) atoms. The largest absolute Gasteiger partial charge is 0.311 e. The van der Waals surface area contributed by atoms with Crippen molar-refractivity contribution in [3.8, 4) is 0 Å². The molecule has 2 aromatic carbocycles. The van der Waals surface area contributed by atoms with E-state index in [9.17, 15) is 18.0 Å². The van der Waals surface area contributed by atoms with Crippen LogP contribution in [0.25, 0.3) is 0 Å². The van der Waals surface area contributed by atoms with Gasteiger partial charge in [0.05, 0.1) is 17.4 Å². The van der Waals surface area contributed by atoms with Crippen LogP contribution in [-0.4, -0.2) is 33.0 Å². The molecule has 7 heteroatoms. The highest BCUT2D eigenvalue weighted by molar-refractivity contribution is 7.94. The lowest BCUT2D eigenvalue weighted by atomic mass is 10.1. The molecule has 0 spiro atoms. The molecule has 0 aromatic heterocycles. The van der Waals surface area contributed by atoms with E-state index in [2.05, 4.69) is 0 Å². The highest BCUT2D eigenvalue weighted by Gasteiger charge is 2.41. The van der Waals surface area contributed by atoms with Gasteiger partial charge in [-0.2, -0.15) is 0 Å². The van der Waals surface area contributed by atoms with E-state index in [1.807, 2.05) is 30.3 Å². The zero-order chi connectivity index (χ0) is 18.2. The fourth-order valence-corrected chi connectivity index (χ4v) is 4.61. The van der Waals surface area contributed by atoms with Gasteiger partial charge in [0.2, 0.25) is 15.9 Å². The zero-order valence-corrected chi connectivity index (χ0v) is 14.7. The van der Waals surface area contributed by atoms with Gasteiger partial charge in [0.1, 0.15) is 0 Å². The maximum atomic E-state index is 12.5. The number of nitrogens with zero attached hydrogens (tertiary/aromatic N) is 2. The van der Waals surface area contributed by atoms with Crippen molar-refractivity contribution >= 4 is 33.2 Å². The monoisotopic (exact) mass is 358 g/mol. The molecule has 0 radical (unpaired) electrons. The van der Waals surface area contributed by atoms with Gasteiger partial charge in [-0.3, -0.25) is 9.59 Å². The van der Waals surface area contributed by atoms with Crippen LogP contribution in [0.1, 0.15) is 17.3 Å². The van der Waals surface area contributed by atoms with E-state index >= 15 is 0 Å². The summed E-state index contributed by atoms with van der Waals surface area (Å²) in [5.74, 6) is -1.42. The number of hydrogen-bond donors (Lipinski definition) is 0. The van der Waals surface area contributed by atoms with E-state index in [0.29, 0.717) is 5.56 Å². The Kier molecular flexibility index (Phi) is 4.34. The number of rotatable bonds is 3. The summed E-state index contributed by atoms with van der Waals surface area (Å²) >= 11 is 0. The van der Waals surface area contributed by atoms with Crippen molar-refractivity contribution in [2.24, 2.45) is 5.92 Å². The molecule has 1 unspecified atom stereocenters.